The standard InChI is InChI=1S/C17H19N3O3/c1-4-11(3)12-6-8-13(9-7-12)19-17-18-10-14(15(21)20-17)16(22)23-5-2/h4,6-10H,5H2,1-3H3,(H2,18,19,20,21). The number of aromatic nitrogens is 2. The number of benzene rings is 1. The van der Waals surface area contributed by atoms with Crippen molar-refractivity contribution in [2.24, 2.45) is 0 Å². The maximum absolute atomic E-state index is 11.9. The first-order chi connectivity index (χ1) is 11.0. The minimum absolute atomic E-state index is 0.114. The van der Waals surface area contributed by atoms with E-state index in [1.165, 1.54) is 11.8 Å². The van der Waals surface area contributed by atoms with Crippen LogP contribution in [0.3, 0.4) is 0 Å². The van der Waals surface area contributed by atoms with Crippen LogP contribution < -0.4 is 10.9 Å². The number of H-pyrrole nitrogens is 1. The van der Waals surface area contributed by atoms with Crippen molar-refractivity contribution >= 4 is 23.2 Å². The number of hydrogen-bond acceptors (Lipinski definition) is 5. The number of carbonyl (C=O) groups is 1. The number of ether oxygens (including phenoxy) is 1. The van der Waals surface area contributed by atoms with E-state index in [0.29, 0.717) is 0 Å². The fourth-order valence-corrected chi connectivity index (χ4v) is 1.93. The number of nitrogens with one attached hydrogen (secondary N) is 2. The molecular formula is C17H19N3O3. The summed E-state index contributed by atoms with van der Waals surface area (Å²) in [5.41, 5.74) is 2.43. The molecule has 0 aliphatic heterocycles. The molecule has 6 nitrogen and oxygen atoms in total. The molecule has 0 saturated heterocycles. The molecule has 0 radical (unpaired) electrons. The van der Waals surface area contributed by atoms with Crippen LogP contribution in [0.5, 0.6) is 0 Å². The second-order valence-electron chi connectivity index (χ2n) is 4.87. The molecule has 0 amide bonds. The molecule has 0 aliphatic rings. The Morgan fingerprint density at radius 2 is 2.04 bits per heavy atom. The van der Waals surface area contributed by atoms with Crippen LogP contribution in [0, 0.1) is 0 Å². The smallest absolute Gasteiger partial charge is 0.345 e. The van der Waals surface area contributed by atoms with E-state index >= 15 is 0 Å². The second-order valence-corrected chi connectivity index (χ2v) is 4.87. The Morgan fingerprint density at radius 1 is 1.35 bits per heavy atom. The topological polar surface area (TPSA) is 84.1 Å². The summed E-state index contributed by atoms with van der Waals surface area (Å²) in [6.45, 7) is 5.90. The number of anilines is 2. The molecule has 0 spiro atoms. The van der Waals surface area contributed by atoms with E-state index in [-0.39, 0.29) is 18.1 Å². The predicted octanol–water partition coefficient (Wildman–Crippen LogP) is 3.11. The van der Waals surface area contributed by atoms with Crippen LogP contribution >= 0.6 is 0 Å². The summed E-state index contributed by atoms with van der Waals surface area (Å²) in [4.78, 5) is 30.0. The molecular weight excluding hydrogens is 294 g/mol. The SMILES string of the molecule is CC=C(C)c1ccc(Nc2ncc(C(=O)OCC)c(=O)[nH]2)cc1. The van der Waals surface area contributed by atoms with Crippen LogP contribution in [0.25, 0.3) is 5.57 Å². The van der Waals surface area contributed by atoms with E-state index < -0.39 is 11.5 Å². The molecule has 1 aromatic carbocycles. The van der Waals surface area contributed by atoms with E-state index in [2.05, 4.69) is 15.3 Å². The number of hydrogen-bond donors (Lipinski definition) is 2. The Bertz CT molecular complexity index is 776. The van der Waals surface area contributed by atoms with Crippen molar-refractivity contribution < 1.29 is 9.53 Å². The summed E-state index contributed by atoms with van der Waals surface area (Å²) in [5.74, 6) is -0.419. The molecule has 0 bridgehead atoms. The quantitative estimate of drug-likeness (QED) is 0.829. The van der Waals surface area contributed by atoms with Gasteiger partial charge in [-0.25, -0.2) is 9.78 Å². The first-order valence-corrected chi connectivity index (χ1v) is 7.32. The average molecular weight is 313 g/mol. The maximum atomic E-state index is 11.9. The highest BCUT2D eigenvalue weighted by Crippen LogP contribution is 2.18. The van der Waals surface area contributed by atoms with Gasteiger partial charge in [0, 0.05) is 5.69 Å². The Labute approximate surface area is 134 Å². The number of carbonyl (C=O) groups excluding carboxylic acids is 1. The monoisotopic (exact) mass is 313 g/mol. The fraction of sp³-hybridized carbons (Fsp3) is 0.235. The van der Waals surface area contributed by atoms with E-state index in [9.17, 15) is 9.59 Å². The zero-order valence-corrected chi connectivity index (χ0v) is 13.3. The number of aromatic amines is 1. The van der Waals surface area contributed by atoms with Gasteiger partial charge in [-0.05, 0) is 44.0 Å². The van der Waals surface area contributed by atoms with Gasteiger partial charge in [0.1, 0.15) is 5.56 Å². The molecule has 0 saturated carbocycles. The Hall–Kier alpha value is -2.89. The molecule has 0 atom stereocenters. The van der Waals surface area contributed by atoms with Crippen molar-refractivity contribution in [1.82, 2.24) is 9.97 Å². The summed E-state index contributed by atoms with van der Waals surface area (Å²) in [5, 5.41) is 2.99. The lowest BCUT2D eigenvalue weighted by Gasteiger charge is -2.07. The van der Waals surface area contributed by atoms with Gasteiger partial charge in [-0.1, -0.05) is 18.2 Å². The number of esters is 1. The summed E-state index contributed by atoms with van der Waals surface area (Å²) in [7, 11) is 0. The third kappa shape index (κ3) is 4.06. The number of rotatable bonds is 5. The van der Waals surface area contributed by atoms with E-state index in [1.54, 1.807) is 6.92 Å². The minimum atomic E-state index is -0.681. The molecule has 23 heavy (non-hydrogen) atoms. The Morgan fingerprint density at radius 3 is 2.61 bits per heavy atom. The van der Waals surface area contributed by atoms with Gasteiger partial charge in [-0.3, -0.25) is 9.78 Å². The van der Waals surface area contributed by atoms with Gasteiger partial charge in [0.2, 0.25) is 5.95 Å². The molecule has 6 heteroatoms. The van der Waals surface area contributed by atoms with Crippen molar-refractivity contribution in [2.45, 2.75) is 20.8 Å². The van der Waals surface area contributed by atoms with Crippen LogP contribution in [0.2, 0.25) is 0 Å². The lowest BCUT2D eigenvalue weighted by atomic mass is 10.1. The maximum Gasteiger partial charge on any atom is 0.345 e. The zero-order valence-electron chi connectivity index (χ0n) is 13.3. The number of nitrogens with zero attached hydrogens (tertiary/aromatic N) is 1. The molecule has 0 unspecified atom stereocenters. The lowest BCUT2D eigenvalue weighted by Crippen LogP contribution is -2.21. The van der Waals surface area contributed by atoms with Gasteiger partial charge in [-0.2, -0.15) is 0 Å². The van der Waals surface area contributed by atoms with Crippen LogP contribution in [-0.2, 0) is 4.74 Å². The van der Waals surface area contributed by atoms with Crippen molar-refractivity contribution in [3.8, 4) is 0 Å². The van der Waals surface area contributed by atoms with E-state index in [1.807, 2.05) is 44.2 Å². The lowest BCUT2D eigenvalue weighted by molar-refractivity contribution is 0.0524. The van der Waals surface area contributed by atoms with Crippen LogP contribution in [0.15, 0.2) is 41.3 Å². The normalized spacial score (nSPS) is 11.2. The van der Waals surface area contributed by atoms with Crippen molar-refractivity contribution in [3.05, 3.63) is 58.0 Å². The van der Waals surface area contributed by atoms with Crippen LogP contribution in [0.4, 0.5) is 11.6 Å². The fourth-order valence-electron chi connectivity index (χ4n) is 1.93. The van der Waals surface area contributed by atoms with Crippen molar-refractivity contribution in [1.29, 1.82) is 0 Å². The molecule has 1 heterocycles. The highest BCUT2D eigenvalue weighted by Gasteiger charge is 2.12. The zero-order chi connectivity index (χ0) is 16.8. The van der Waals surface area contributed by atoms with Crippen molar-refractivity contribution in [2.75, 3.05) is 11.9 Å². The van der Waals surface area contributed by atoms with E-state index in [4.69, 9.17) is 4.74 Å². The summed E-state index contributed by atoms with van der Waals surface area (Å²) >= 11 is 0. The molecule has 0 fully saturated rings. The first kappa shape index (κ1) is 16.5. The third-order valence-electron chi connectivity index (χ3n) is 3.33. The van der Waals surface area contributed by atoms with Gasteiger partial charge in [-0.15, -0.1) is 0 Å². The predicted molar refractivity (Wildman–Crippen MR) is 89.9 cm³/mol. The van der Waals surface area contributed by atoms with Gasteiger partial charge >= 0.3 is 5.97 Å². The summed E-state index contributed by atoms with van der Waals surface area (Å²) in [6.07, 6.45) is 3.24. The van der Waals surface area contributed by atoms with Crippen LogP contribution in [-0.4, -0.2) is 22.5 Å². The molecule has 2 rings (SSSR count). The first-order valence-electron chi connectivity index (χ1n) is 7.32. The summed E-state index contributed by atoms with van der Waals surface area (Å²) in [6, 6.07) is 7.73. The highest BCUT2D eigenvalue weighted by atomic mass is 16.5. The van der Waals surface area contributed by atoms with Gasteiger partial charge < -0.3 is 10.1 Å². The molecule has 0 aliphatic carbocycles. The van der Waals surface area contributed by atoms with Gasteiger partial charge in [0.05, 0.1) is 12.8 Å². The third-order valence-corrected chi connectivity index (χ3v) is 3.33. The average Bonchev–Trinajstić information content (AvgIpc) is 2.55. The van der Waals surface area contributed by atoms with Gasteiger partial charge in [0.15, 0.2) is 0 Å². The Kier molecular flexibility index (Phi) is 5.30. The molecule has 1 aromatic heterocycles. The molecule has 2 N–H and O–H groups in total. The molecule has 120 valence electrons. The van der Waals surface area contributed by atoms with Crippen molar-refractivity contribution in [3.63, 3.8) is 0 Å². The second kappa shape index (κ2) is 7.40. The van der Waals surface area contributed by atoms with Crippen LogP contribution in [0.1, 0.15) is 36.7 Å². The largest absolute Gasteiger partial charge is 0.462 e. The molecule has 2 aromatic rings. The van der Waals surface area contributed by atoms with E-state index in [0.717, 1.165) is 11.3 Å². The Balaban J connectivity index is 2.16. The van der Waals surface area contributed by atoms with Gasteiger partial charge in [0.25, 0.3) is 5.56 Å². The minimum Gasteiger partial charge on any atom is -0.462 e. The highest BCUT2D eigenvalue weighted by molar-refractivity contribution is 5.88. The summed E-state index contributed by atoms with van der Waals surface area (Å²) < 4.78 is 4.79. The number of allylic oxidation sites excluding steroid dienone is 2.